The molecule has 1 aliphatic rings. The first-order chi connectivity index (χ1) is 8.24. The smallest absolute Gasteiger partial charge is 0.169 e. The fraction of sp³-hybridized carbons (Fsp3) is 0.538. The Morgan fingerprint density at radius 1 is 1.35 bits per heavy atom. The van der Waals surface area contributed by atoms with Crippen LogP contribution in [0.1, 0.15) is 18.5 Å². The Balaban J connectivity index is 2.20. The van der Waals surface area contributed by atoms with Gasteiger partial charge in [-0.3, -0.25) is 4.90 Å². The topological polar surface area (TPSA) is 24.5 Å². The van der Waals surface area contributed by atoms with Gasteiger partial charge in [0.1, 0.15) is 0 Å². The lowest BCUT2D eigenvalue weighted by atomic mass is 10.1. The van der Waals surface area contributed by atoms with E-state index >= 15 is 0 Å². The molecular formula is C13H19FN2O. The van der Waals surface area contributed by atoms with E-state index < -0.39 is 0 Å². The highest BCUT2D eigenvalue weighted by Crippen LogP contribution is 2.28. The number of methoxy groups -OCH3 is 1. The molecule has 94 valence electrons. The minimum atomic E-state index is -0.235. The third-order valence-electron chi connectivity index (χ3n) is 3.36. The number of halogens is 1. The summed E-state index contributed by atoms with van der Waals surface area (Å²) in [6.45, 7) is 5.89. The zero-order valence-corrected chi connectivity index (χ0v) is 10.4. The molecule has 1 heterocycles. The Labute approximate surface area is 102 Å². The van der Waals surface area contributed by atoms with Crippen molar-refractivity contribution in [2.24, 2.45) is 0 Å². The van der Waals surface area contributed by atoms with Crippen molar-refractivity contribution in [3.63, 3.8) is 0 Å². The van der Waals surface area contributed by atoms with E-state index in [4.69, 9.17) is 4.74 Å². The number of rotatable bonds is 3. The van der Waals surface area contributed by atoms with Crippen LogP contribution in [-0.2, 0) is 0 Å². The van der Waals surface area contributed by atoms with Crippen LogP contribution in [-0.4, -0.2) is 38.2 Å². The number of hydrogen-bond donors (Lipinski definition) is 1. The van der Waals surface area contributed by atoms with Gasteiger partial charge >= 0.3 is 0 Å². The highest BCUT2D eigenvalue weighted by Gasteiger charge is 2.21. The minimum Gasteiger partial charge on any atom is -0.494 e. The van der Waals surface area contributed by atoms with Gasteiger partial charge in [0.25, 0.3) is 0 Å². The molecule has 0 unspecified atom stereocenters. The number of benzene rings is 1. The average Bonchev–Trinajstić information content (AvgIpc) is 2.39. The summed E-state index contributed by atoms with van der Waals surface area (Å²) in [5.41, 5.74) is 0.714. The quantitative estimate of drug-likeness (QED) is 0.869. The van der Waals surface area contributed by atoms with Crippen molar-refractivity contribution < 1.29 is 9.13 Å². The maximum absolute atomic E-state index is 14.1. The standard InChI is InChI=1S/C13H19FN2O/c1-10(16-8-6-15-7-9-16)11-4-3-5-12(17-2)13(11)14/h3-5,10,15H,6-9H2,1-2H3/t10-/m0/s1. The van der Waals surface area contributed by atoms with Crippen LogP contribution in [0.3, 0.4) is 0 Å². The van der Waals surface area contributed by atoms with E-state index in [1.54, 1.807) is 6.07 Å². The summed E-state index contributed by atoms with van der Waals surface area (Å²) >= 11 is 0. The molecule has 0 aromatic heterocycles. The molecule has 1 aromatic carbocycles. The van der Waals surface area contributed by atoms with Crippen molar-refractivity contribution in [1.82, 2.24) is 10.2 Å². The number of nitrogens with zero attached hydrogens (tertiary/aromatic N) is 1. The molecule has 2 rings (SSSR count). The van der Waals surface area contributed by atoms with Crippen LogP contribution in [0.15, 0.2) is 18.2 Å². The molecule has 0 aliphatic carbocycles. The van der Waals surface area contributed by atoms with Crippen LogP contribution in [0.2, 0.25) is 0 Å². The Morgan fingerprint density at radius 2 is 2.06 bits per heavy atom. The minimum absolute atomic E-state index is 0.0900. The van der Waals surface area contributed by atoms with Crippen molar-refractivity contribution in [2.45, 2.75) is 13.0 Å². The Hall–Kier alpha value is -1.13. The van der Waals surface area contributed by atoms with E-state index in [0.29, 0.717) is 11.3 Å². The molecule has 4 heteroatoms. The lowest BCUT2D eigenvalue weighted by molar-refractivity contribution is 0.181. The van der Waals surface area contributed by atoms with Crippen LogP contribution in [0.25, 0.3) is 0 Å². The van der Waals surface area contributed by atoms with Gasteiger partial charge in [0.05, 0.1) is 7.11 Å². The second-order valence-electron chi connectivity index (χ2n) is 4.33. The summed E-state index contributed by atoms with van der Waals surface area (Å²) in [7, 11) is 1.50. The van der Waals surface area contributed by atoms with E-state index in [1.807, 2.05) is 19.1 Å². The molecular weight excluding hydrogens is 219 g/mol. The molecule has 0 radical (unpaired) electrons. The first-order valence-corrected chi connectivity index (χ1v) is 6.01. The molecule has 0 spiro atoms. The lowest BCUT2D eigenvalue weighted by Gasteiger charge is -2.33. The predicted molar refractivity (Wildman–Crippen MR) is 65.8 cm³/mol. The third-order valence-corrected chi connectivity index (χ3v) is 3.36. The molecule has 17 heavy (non-hydrogen) atoms. The molecule has 1 N–H and O–H groups in total. The Kier molecular flexibility index (Phi) is 3.97. The summed E-state index contributed by atoms with van der Waals surface area (Å²) in [4.78, 5) is 2.29. The van der Waals surface area contributed by atoms with Crippen molar-refractivity contribution in [3.05, 3.63) is 29.6 Å². The highest BCUT2D eigenvalue weighted by molar-refractivity contribution is 5.32. The van der Waals surface area contributed by atoms with Gasteiger partial charge in [-0.2, -0.15) is 0 Å². The number of nitrogens with one attached hydrogen (secondary N) is 1. The van der Waals surface area contributed by atoms with E-state index in [-0.39, 0.29) is 11.9 Å². The van der Waals surface area contributed by atoms with Gasteiger partial charge in [-0.25, -0.2) is 4.39 Å². The SMILES string of the molecule is COc1cccc([C@H](C)N2CCNCC2)c1F. The molecule has 3 nitrogen and oxygen atoms in total. The second kappa shape index (κ2) is 5.47. The van der Waals surface area contributed by atoms with Crippen LogP contribution in [0, 0.1) is 5.82 Å². The van der Waals surface area contributed by atoms with Crippen LogP contribution < -0.4 is 10.1 Å². The van der Waals surface area contributed by atoms with Crippen LogP contribution in [0.5, 0.6) is 5.75 Å². The largest absolute Gasteiger partial charge is 0.494 e. The molecule has 1 fully saturated rings. The summed E-state index contributed by atoms with van der Waals surface area (Å²) in [5.74, 6) is 0.0884. The van der Waals surface area contributed by atoms with Crippen LogP contribution >= 0.6 is 0 Å². The van der Waals surface area contributed by atoms with Gasteiger partial charge in [-0.05, 0) is 13.0 Å². The zero-order chi connectivity index (χ0) is 12.3. The molecule has 0 amide bonds. The number of piperazine rings is 1. The number of ether oxygens (including phenoxy) is 1. The van der Waals surface area contributed by atoms with Gasteiger partial charge in [-0.15, -0.1) is 0 Å². The van der Waals surface area contributed by atoms with Gasteiger partial charge in [0, 0.05) is 37.8 Å². The molecule has 1 saturated heterocycles. The summed E-state index contributed by atoms with van der Waals surface area (Å²) in [5, 5.41) is 3.30. The first-order valence-electron chi connectivity index (χ1n) is 6.01. The van der Waals surface area contributed by atoms with Crippen molar-refractivity contribution >= 4 is 0 Å². The number of hydrogen-bond acceptors (Lipinski definition) is 3. The molecule has 1 atom stereocenters. The van der Waals surface area contributed by atoms with Crippen LogP contribution in [0.4, 0.5) is 4.39 Å². The van der Waals surface area contributed by atoms with Crippen molar-refractivity contribution in [1.29, 1.82) is 0 Å². The second-order valence-corrected chi connectivity index (χ2v) is 4.33. The maximum Gasteiger partial charge on any atom is 0.169 e. The molecule has 0 saturated carbocycles. The molecule has 1 aromatic rings. The summed E-state index contributed by atoms with van der Waals surface area (Å²) in [6, 6.07) is 5.43. The van der Waals surface area contributed by atoms with E-state index in [9.17, 15) is 4.39 Å². The fourth-order valence-electron chi connectivity index (χ4n) is 2.27. The van der Waals surface area contributed by atoms with E-state index in [2.05, 4.69) is 10.2 Å². The van der Waals surface area contributed by atoms with Gasteiger partial charge in [0.15, 0.2) is 11.6 Å². The van der Waals surface area contributed by atoms with Gasteiger partial charge in [0.2, 0.25) is 0 Å². The monoisotopic (exact) mass is 238 g/mol. The Bertz CT molecular complexity index is 378. The van der Waals surface area contributed by atoms with E-state index in [1.165, 1.54) is 7.11 Å². The highest BCUT2D eigenvalue weighted by atomic mass is 19.1. The molecule has 0 bridgehead atoms. The van der Waals surface area contributed by atoms with Gasteiger partial charge in [-0.1, -0.05) is 12.1 Å². The summed E-state index contributed by atoms with van der Waals surface area (Å²) in [6.07, 6.45) is 0. The van der Waals surface area contributed by atoms with E-state index in [0.717, 1.165) is 26.2 Å². The van der Waals surface area contributed by atoms with Gasteiger partial charge < -0.3 is 10.1 Å². The lowest BCUT2D eigenvalue weighted by Crippen LogP contribution is -2.44. The normalized spacial score (nSPS) is 19.0. The Morgan fingerprint density at radius 3 is 2.71 bits per heavy atom. The maximum atomic E-state index is 14.1. The first kappa shape index (κ1) is 12.3. The zero-order valence-electron chi connectivity index (χ0n) is 10.4. The average molecular weight is 238 g/mol. The fourth-order valence-corrected chi connectivity index (χ4v) is 2.27. The third kappa shape index (κ3) is 2.58. The van der Waals surface area contributed by atoms with Crippen molar-refractivity contribution in [2.75, 3.05) is 33.3 Å². The molecule has 1 aliphatic heterocycles. The summed E-state index contributed by atoms with van der Waals surface area (Å²) < 4.78 is 19.1. The van der Waals surface area contributed by atoms with Crippen molar-refractivity contribution in [3.8, 4) is 5.75 Å². The predicted octanol–water partition coefficient (Wildman–Crippen LogP) is 1.80.